The summed E-state index contributed by atoms with van der Waals surface area (Å²) < 4.78 is 2.03. The minimum atomic E-state index is -0.599. The van der Waals surface area contributed by atoms with Crippen molar-refractivity contribution in [3.8, 4) is 0 Å². The lowest BCUT2D eigenvalue weighted by molar-refractivity contribution is 0.122. The van der Waals surface area contributed by atoms with Crippen LogP contribution in [0.15, 0.2) is 18.2 Å². The normalized spacial score (nSPS) is 14.7. The molecule has 1 heterocycles. The minimum absolute atomic E-state index is 0.0654. The van der Waals surface area contributed by atoms with E-state index in [1.807, 2.05) is 43.7 Å². The van der Waals surface area contributed by atoms with Crippen molar-refractivity contribution < 1.29 is 10.2 Å². The van der Waals surface area contributed by atoms with E-state index in [2.05, 4.69) is 10.3 Å². The minimum Gasteiger partial charge on any atom is -0.395 e. The number of nitrogens with one attached hydrogen (secondary N) is 1. The third-order valence-electron chi connectivity index (χ3n) is 3.81. The van der Waals surface area contributed by atoms with E-state index < -0.39 is 6.10 Å². The summed E-state index contributed by atoms with van der Waals surface area (Å²) in [7, 11) is 1.98. The molecule has 2 rings (SSSR count). The average molecular weight is 277 g/mol. The highest BCUT2D eigenvalue weighted by molar-refractivity contribution is 5.76. The maximum Gasteiger partial charge on any atom is 0.106 e. The van der Waals surface area contributed by atoms with Crippen molar-refractivity contribution >= 4 is 11.0 Å². The topological polar surface area (TPSA) is 70.3 Å². The molecule has 2 atom stereocenters. The van der Waals surface area contributed by atoms with E-state index in [0.717, 1.165) is 28.8 Å². The van der Waals surface area contributed by atoms with Crippen LogP contribution in [0.25, 0.3) is 11.0 Å². The molecule has 110 valence electrons. The Morgan fingerprint density at radius 3 is 2.80 bits per heavy atom. The fourth-order valence-corrected chi connectivity index (χ4v) is 2.48. The van der Waals surface area contributed by atoms with E-state index in [-0.39, 0.29) is 12.6 Å². The quantitative estimate of drug-likeness (QED) is 0.744. The van der Waals surface area contributed by atoms with Gasteiger partial charge in [0.25, 0.3) is 0 Å². The van der Waals surface area contributed by atoms with Crippen molar-refractivity contribution in [1.82, 2.24) is 14.9 Å². The highest BCUT2D eigenvalue weighted by Crippen LogP contribution is 2.23. The highest BCUT2D eigenvalue weighted by Gasteiger charge is 2.19. The molecule has 0 saturated heterocycles. The van der Waals surface area contributed by atoms with Crippen LogP contribution in [-0.2, 0) is 7.05 Å². The maximum absolute atomic E-state index is 10.5. The predicted octanol–water partition coefficient (Wildman–Crippen LogP) is 1.28. The molecule has 1 aromatic heterocycles. The number of aliphatic hydroxyl groups excluding tert-OH is 2. The number of hydrogen-bond donors (Lipinski definition) is 3. The molecule has 0 radical (unpaired) electrons. The first-order valence-electron chi connectivity index (χ1n) is 7.03. The molecule has 2 aromatic rings. The van der Waals surface area contributed by atoms with Crippen LogP contribution >= 0.6 is 0 Å². The Bertz CT molecular complexity index is 580. The Balaban J connectivity index is 2.27. The van der Waals surface area contributed by atoms with Crippen molar-refractivity contribution in [3.63, 3.8) is 0 Å². The van der Waals surface area contributed by atoms with Crippen LogP contribution in [0.5, 0.6) is 0 Å². The Hall–Kier alpha value is -1.43. The second-order valence-corrected chi connectivity index (χ2v) is 5.10. The largest absolute Gasteiger partial charge is 0.395 e. The number of nitrogens with zero attached hydrogens (tertiary/aromatic N) is 2. The van der Waals surface area contributed by atoms with Crippen LogP contribution in [-0.4, -0.2) is 39.0 Å². The fraction of sp³-hybridized carbons (Fsp3) is 0.533. The van der Waals surface area contributed by atoms with Gasteiger partial charge in [0.15, 0.2) is 0 Å². The number of aliphatic hydroxyl groups is 2. The first-order chi connectivity index (χ1) is 9.58. The highest BCUT2D eigenvalue weighted by atomic mass is 16.3. The summed E-state index contributed by atoms with van der Waals surface area (Å²) in [6, 6.07) is 5.81. The first-order valence-corrected chi connectivity index (χ1v) is 7.03. The molecule has 3 N–H and O–H groups in total. The van der Waals surface area contributed by atoms with Gasteiger partial charge in [0.2, 0.25) is 0 Å². The zero-order valence-electron chi connectivity index (χ0n) is 12.3. The number of aromatic nitrogens is 2. The van der Waals surface area contributed by atoms with E-state index in [0.29, 0.717) is 6.54 Å². The molecular formula is C15H23N3O2. The first kappa shape index (κ1) is 15.0. The molecule has 0 aliphatic carbocycles. The summed E-state index contributed by atoms with van der Waals surface area (Å²) >= 11 is 0. The van der Waals surface area contributed by atoms with Gasteiger partial charge in [-0.2, -0.15) is 0 Å². The summed E-state index contributed by atoms with van der Waals surface area (Å²) in [5.74, 6) is 0.956. The van der Waals surface area contributed by atoms with Gasteiger partial charge in [0, 0.05) is 19.6 Å². The van der Waals surface area contributed by atoms with E-state index in [4.69, 9.17) is 5.11 Å². The van der Waals surface area contributed by atoms with Gasteiger partial charge >= 0.3 is 0 Å². The molecule has 0 aliphatic rings. The molecule has 0 amide bonds. The SMILES string of the molecule is CCC(NCCO)C(O)c1ccc2c(c1)nc(C)n2C. The van der Waals surface area contributed by atoms with E-state index in [1.54, 1.807) is 0 Å². The molecule has 5 heteroatoms. The van der Waals surface area contributed by atoms with Gasteiger partial charge in [0.05, 0.1) is 23.7 Å². The Kier molecular flexibility index (Phi) is 4.75. The smallest absolute Gasteiger partial charge is 0.106 e. The van der Waals surface area contributed by atoms with Crippen molar-refractivity contribution in [2.45, 2.75) is 32.4 Å². The number of fused-ring (bicyclic) bond motifs is 1. The van der Waals surface area contributed by atoms with E-state index in [1.165, 1.54) is 0 Å². The van der Waals surface area contributed by atoms with Gasteiger partial charge in [-0.05, 0) is 31.0 Å². The lowest BCUT2D eigenvalue weighted by Gasteiger charge is -2.23. The van der Waals surface area contributed by atoms with Crippen molar-refractivity contribution in [1.29, 1.82) is 0 Å². The molecule has 2 unspecified atom stereocenters. The molecule has 5 nitrogen and oxygen atoms in total. The van der Waals surface area contributed by atoms with Crippen LogP contribution in [0, 0.1) is 6.92 Å². The maximum atomic E-state index is 10.5. The third-order valence-corrected chi connectivity index (χ3v) is 3.81. The molecule has 0 fully saturated rings. The summed E-state index contributed by atoms with van der Waals surface area (Å²) in [6.07, 6.45) is 0.193. The van der Waals surface area contributed by atoms with Crippen LogP contribution in [0.3, 0.4) is 0 Å². The number of aryl methyl sites for hydroxylation is 2. The molecule has 0 saturated carbocycles. The summed E-state index contributed by atoms with van der Waals surface area (Å²) in [5, 5.41) is 22.5. The molecule has 0 bridgehead atoms. The zero-order chi connectivity index (χ0) is 14.7. The van der Waals surface area contributed by atoms with Gasteiger partial charge in [0.1, 0.15) is 5.82 Å². The Morgan fingerprint density at radius 1 is 1.40 bits per heavy atom. The average Bonchev–Trinajstić information content (AvgIpc) is 2.74. The Morgan fingerprint density at radius 2 is 2.15 bits per heavy atom. The number of benzene rings is 1. The van der Waals surface area contributed by atoms with Crippen LogP contribution in [0.1, 0.15) is 30.8 Å². The van der Waals surface area contributed by atoms with E-state index >= 15 is 0 Å². The summed E-state index contributed by atoms with van der Waals surface area (Å²) in [6.45, 7) is 4.54. The number of hydrogen-bond acceptors (Lipinski definition) is 4. The van der Waals surface area contributed by atoms with Gasteiger partial charge in [-0.25, -0.2) is 4.98 Å². The number of rotatable bonds is 6. The van der Waals surface area contributed by atoms with Gasteiger partial charge in [-0.1, -0.05) is 13.0 Å². The summed E-state index contributed by atoms with van der Waals surface area (Å²) in [5.41, 5.74) is 2.82. The second kappa shape index (κ2) is 6.35. The van der Waals surface area contributed by atoms with Crippen molar-refractivity contribution in [2.75, 3.05) is 13.2 Å². The van der Waals surface area contributed by atoms with Gasteiger partial charge < -0.3 is 20.1 Å². The molecule has 0 aliphatic heterocycles. The van der Waals surface area contributed by atoms with Crippen molar-refractivity contribution in [2.24, 2.45) is 7.05 Å². The molecule has 20 heavy (non-hydrogen) atoms. The fourth-order valence-electron chi connectivity index (χ4n) is 2.48. The second-order valence-electron chi connectivity index (χ2n) is 5.10. The van der Waals surface area contributed by atoms with E-state index in [9.17, 15) is 5.11 Å². The Labute approximate surface area is 119 Å². The summed E-state index contributed by atoms with van der Waals surface area (Å²) in [4.78, 5) is 4.49. The monoisotopic (exact) mass is 277 g/mol. The van der Waals surface area contributed by atoms with Crippen molar-refractivity contribution in [3.05, 3.63) is 29.6 Å². The van der Waals surface area contributed by atoms with Crippen LogP contribution < -0.4 is 5.32 Å². The number of imidazole rings is 1. The zero-order valence-corrected chi connectivity index (χ0v) is 12.3. The molecule has 0 spiro atoms. The van der Waals surface area contributed by atoms with Gasteiger partial charge in [-0.3, -0.25) is 0 Å². The van der Waals surface area contributed by atoms with Gasteiger partial charge in [-0.15, -0.1) is 0 Å². The lowest BCUT2D eigenvalue weighted by atomic mass is 10.00. The predicted molar refractivity (Wildman–Crippen MR) is 79.6 cm³/mol. The van der Waals surface area contributed by atoms with Crippen LogP contribution in [0.4, 0.5) is 0 Å². The molecular weight excluding hydrogens is 254 g/mol. The third kappa shape index (κ3) is 2.85. The molecule has 1 aromatic carbocycles. The lowest BCUT2D eigenvalue weighted by Crippen LogP contribution is -2.36. The standard InChI is InChI=1S/C15H23N3O2/c1-4-12(16-7-8-19)15(20)11-5-6-14-13(9-11)17-10(2)18(14)3/h5-6,9,12,15-16,19-20H,4,7-8H2,1-3H3. The van der Waals surface area contributed by atoms with Crippen LogP contribution in [0.2, 0.25) is 0 Å².